The van der Waals surface area contributed by atoms with Crippen LogP contribution in [0.1, 0.15) is 74.1 Å². The van der Waals surface area contributed by atoms with E-state index < -0.39 is 46.6 Å². The minimum Gasteiger partial charge on any atom is -0.458 e. The average molecular weight is 490 g/mol. The first-order valence-electron chi connectivity index (χ1n) is 11.6. The Bertz CT molecular complexity index is 862. The van der Waals surface area contributed by atoms with Gasteiger partial charge in [0.2, 0.25) is 0 Å². The summed E-state index contributed by atoms with van der Waals surface area (Å²) in [6.07, 6.45) is -4.97. The van der Waals surface area contributed by atoms with Crippen molar-refractivity contribution in [1.82, 2.24) is 0 Å². The third-order valence-corrected chi connectivity index (χ3v) is 7.63. The van der Waals surface area contributed by atoms with Gasteiger partial charge in [0.1, 0.15) is 12.2 Å². The molecule has 34 heavy (non-hydrogen) atoms. The topological polar surface area (TPSA) is 103 Å². The summed E-state index contributed by atoms with van der Waals surface area (Å²) in [5, 5.41) is 9.31. The highest BCUT2D eigenvalue weighted by molar-refractivity contribution is 5.84. The van der Waals surface area contributed by atoms with Crippen LogP contribution < -0.4 is 0 Å². The first kappa shape index (κ1) is 27.9. The smallest absolute Gasteiger partial charge is 0.425 e. The molecule has 0 spiro atoms. The Balaban J connectivity index is 0.000000259. The van der Waals surface area contributed by atoms with Gasteiger partial charge in [0.15, 0.2) is 11.5 Å². The highest BCUT2D eigenvalue weighted by Gasteiger charge is 2.72. The molecule has 0 radical (unpaired) electrons. The molecule has 7 nitrogen and oxygen atoms in total. The lowest BCUT2D eigenvalue weighted by Gasteiger charge is -2.30. The second-order valence-electron chi connectivity index (χ2n) is 10.7. The maximum atomic E-state index is 12.2. The van der Waals surface area contributed by atoms with E-state index >= 15 is 0 Å². The molecule has 2 aliphatic carbocycles. The summed E-state index contributed by atoms with van der Waals surface area (Å²) in [7, 11) is 0. The Morgan fingerprint density at radius 2 is 1.68 bits per heavy atom. The van der Waals surface area contributed by atoms with Gasteiger partial charge < -0.3 is 14.2 Å². The molecule has 3 aliphatic rings. The van der Waals surface area contributed by atoms with Gasteiger partial charge in [-0.1, -0.05) is 13.8 Å². The number of fused-ring (bicyclic) bond motifs is 1. The minimum absolute atomic E-state index is 0.0766. The van der Waals surface area contributed by atoms with Crippen LogP contribution >= 0.6 is 0 Å². The van der Waals surface area contributed by atoms with Crippen molar-refractivity contribution in [3.8, 4) is 6.07 Å². The molecule has 1 saturated heterocycles. The molecule has 0 amide bonds. The molecule has 1 aliphatic heterocycles. The Morgan fingerprint density at radius 3 is 2.15 bits per heavy atom. The summed E-state index contributed by atoms with van der Waals surface area (Å²) < 4.78 is 51.4. The van der Waals surface area contributed by atoms with Crippen LogP contribution in [0.3, 0.4) is 0 Å². The minimum atomic E-state index is -4.49. The second-order valence-corrected chi connectivity index (χ2v) is 10.7. The molecule has 10 heteroatoms. The lowest BCUT2D eigenvalue weighted by Crippen LogP contribution is -2.42. The fraction of sp³-hybridized carbons (Fsp3) is 0.833. The maximum absolute atomic E-state index is 12.2. The monoisotopic (exact) mass is 489 g/mol. The van der Waals surface area contributed by atoms with Crippen molar-refractivity contribution in [2.75, 3.05) is 0 Å². The van der Waals surface area contributed by atoms with Crippen LogP contribution in [0, 0.1) is 39.4 Å². The number of halogens is 3. The standard InChI is InChI=1S/C15H19NO4.C9H15F3O2/c1-4-14(2,3)12(17)19-10-8-5-9-11(10)20-13(18)15(9,6-8)7-16;1-5-8(3,4)7(13)14-6(2)9(10,11)12/h8-11H,4-6H2,1-3H3;6H,5H2,1-4H3. The maximum Gasteiger partial charge on any atom is 0.425 e. The first-order valence-corrected chi connectivity index (χ1v) is 11.6. The molecule has 192 valence electrons. The molecular weight excluding hydrogens is 455 g/mol. The third kappa shape index (κ3) is 5.03. The highest BCUT2D eigenvalue weighted by atomic mass is 19.4. The highest BCUT2D eigenvalue weighted by Crippen LogP contribution is 2.62. The number of esters is 3. The van der Waals surface area contributed by atoms with E-state index in [1.54, 1.807) is 20.8 Å². The van der Waals surface area contributed by atoms with Gasteiger partial charge in [-0.15, -0.1) is 0 Å². The van der Waals surface area contributed by atoms with Crippen molar-refractivity contribution >= 4 is 17.9 Å². The van der Waals surface area contributed by atoms with Crippen molar-refractivity contribution in [3.05, 3.63) is 0 Å². The van der Waals surface area contributed by atoms with Crippen molar-refractivity contribution in [3.63, 3.8) is 0 Å². The molecule has 2 saturated carbocycles. The number of hydrogen-bond donors (Lipinski definition) is 0. The van der Waals surface area contributed by atoms with Crippen LogP contribution in [0.25, 0.3) is 0 Å². The normalized spacial score (nSPS) is 30.6. The summed E-state index contributed by atoms with van der Waals surface area (Å²) in [5.41, 5.74) is -2.37. The van der Waals surface area contributed by atoms with Crippen molar-refractivity contribution < 1.29 is 41.8 Å². The van der Waals surface area contributed by atoms with Gasteiger partial charge in [0.25, 0.3) is 0 Å². The molecule has 3 rings (SSSR count). The van der Waals surface area contributed by atoms with E-state index in [2.05, 4.69) is 10.8 Å². The van der Waals surface area contributed by atoms with Crippen LogP contribution in [0.4, 0.5) is 13.2 Å². The van der Waals surface area contributed by atoms with E-state index in [0.29, 0.717) is 19.3 Å². The van der Waals surface area contributed by atoms with Gasteiger partial charge in [0, 0.05) is 11.8 Å². The fourth-order valence-electron chi connectivity index (χ4n) is 4.25. The molecule has 3 fully saturated rings. The molecular formula is C24H34F3NO6. The molecule has 2 bridgehead atoms. The van der Waals surface area contributed by atoms with Gasteiger partial charge in [-0.25, -0.2) is 0 Å². The van der Waals surface area contributed by atoms with Crippen molar-refractivity contribution in [1.29, 1.82) is 5.26 Å². The summed E-state index contributed by atoms with van der Waals surface area (Å²) in [4.78, 5) is 35.4. The van der Waals surface area contributed by atoms with E-state index in [0.717, 1.165) is 13.3 Å². The SMILES string of the molecule is CCC(C)(C)C(=O)OC(C)C(F)(F)F.CCC(C)(C)C(=O)OC1C2CC3C1OC(=O)C3(C#N)C2. The number of nitriles is 1. The van der Waals surface area contributed by atoms with E-state index in [1.807, 2.05) is 20.8 Å². The summed E-state index contributed by atoms with van der Waals surface area (Å²) in [6, 6.07) is 2.15. The Kier molecular flexibility index (Phi) is 7.71. The summed E-state index contributed by atoms with van der Waals surface area (Å²) in [5.74, 6) is -1.51. The molecule has 0 aromatic rings. The third-order valence-electron chi connectivity index (χ3n) is 7.63. The largest absolute Gasteiger partial charge is 0.458 e. The van der Waals surface area contributed by atoms with E-state index in [4.69, 9.17) is 9.47 Å². The summed E-state index contributed by atoms with van der Waals surface area (Å²) in [6.45, 7) is 11.3. The van der Waals surface area contributed by atoms with Gasteiger partial charge in [-0.3, -0.25) is 14.4 Å². The predicted octanol–water partition coefficient (Wildman–Crippen LogP) is 4.73. The average Bonchev–Trinajstić information content (AvgIpc) is 3.35. The number of carbonyl (C=O) groups is 3. The number of ether oxygens (including phenoxy) is 3. The second kappa shape index (κ2) is 9.38. The molecule has 6 unspecified atom stereocenters. The van der Waals surface area contributed by atoms with E-state index in [9.17, 15) is 32.8 Å². The van der Waals surface area contributed by atoms with Crippen LogP contribution in [0.15, 0.2) is 0 Å². The molecule has 0 aromatic heterocycles. The van der Waals surface area contributed by atoms with Gasteiger partial charge in [-0.2, -0.15) is 18.4 Å². The molecule has 0 aromatic carbocycles. The van der Waals surface area contributed by atoms with Gasteiger partial charge in [-0.05, 0) is 60.3 Å². The predicted molar refractivity (Wildman–Crippen MR) is 114 cm³/mol. The molecule has 0 N–H and O–H groups in total. The zero-order chi connectivity index (χ0) is 26.3. The lowest BCUT2D eigenvalue weighted by atomic mass is 9.74. The van der Waals surface area contributed by atoms with Crippen molar-refractivity contribution in [2.24, 2.45) is 28.1 Å². The first-order chi connectivity index (χ1) is 15.5. The Labute approximate surface area is 198 Å². The lowest BCUT2D eigenvalue weighted by molar-refractivity contribution is -0.221. The number of hydrogen-bond acceptors (Lipinski definition) is 7. The fourth-order valence-corrected chi connectivity index (χ4v) is 4.25. The van der Waals surface area contributed by atoms with Crippen LogP contribution in [-0.2, 0) is 28.6 Å². The van der Waals surface area contributed by atoms with E-state index in [1.165, 1.54) is 0 Å². The Hall–Kier alpha value is -2.31. The zero-order valence-corrected chi connectivity index (χ0v) is 20.7. The van der Waals surface area contributed by atoms with E-state index in [-0.39, 0.29) is 23.9 Å². The zero-order valence-electron chi connectivity index (χ0n) is 20.7. The number of alkyl halides is 3. The summed E-state index contributed by atoms with van der Waals surface area (Å²) >= 11 is 0. The van der Waals surface area contributed by atoms with Gasteiger partial charge >= 0.3 is 24.1 Å². The molecule has 1 heterocycles. The van der Waals surface area contributed by atoms with Gasteiger partial charge in [0.05, 0.1) is 16.9 Å². The molecule has 6 atom stereocenters. The number of carbonyl (C=O) groups excluding carboxylic acids is 3. The quantitative estimate of drug-likeness (QED) is 0.393. The van der Waals surface area contributed by atoms with Crippen LogP contribution in [0.5, 0.6) is 0 Å². The number of nitrogens with zero attached hydrogens (tertiary/aromatic N) is 1. The van der Waals surface area contributed by atoms with Crippen molar-refractivity contribution in [2.45, 2.75) is 98.6 Å². The van der Waals surface area contributed by atoms with Crippen LogP contribution in [0.2, 0.25) is 0 Å². The number of rotatable bonds is 6. The Morgan fingerprint density at radius 1 is 1.15 bits per heavy atom. The van der Waals surface area contributed by atoms with Crippen LogP contribution in [-0.4, -0.2) is 42.4 Å².